The summed E-state index contributed by atoms with van der Waals surface area (Å²) in [4.78, 5) is 0. The van der Waals surface area contributed by atoms with Crippen LogP contribution in [0.5, 0.6) is 0 Å². The van der Waals surface area contributed by atoms with Crippen LogP contribution in [0.3, 0.4) is 0 Å². The van der Waals surface area contributed by atoms with E-state index in [1.54, 1.807) is 0 Å². The van der Waals surface area contributed by atoms with Crippen molar-refractivity contribution in [1.82, 2.24) is 5.32 Å². The summed E-state index contributed by atoms with van der Waals surface area (Å²) >= 11 is 0. The third-order valence-corrected chi connectivity index (χ3v) is 3.83. The van der Waals surface area contributed by atoms with Crippen molar-refractivity contribution in [3.8, 4) is 0 Å². The van der Waals surface area contributed by atoms with Gasteiger partial charge in [-0.15, -0.1) is 6.58 Å². The van der Waals surface area contributed by atoms with Gasteiger partial charge in [0.15, 0.2) is 0 Å². The molecule has 0 spiro atoms. The minimum Gasteiger partial charge on any atom is -0.385 e. The largest absolute Gasteiger partial charge is 0.385 e. The first kappa shape index (κ1) is 13.3. The molecule has 1 aliphatic rings. The Labute approximate surface area is 100.0 Å². The molecule has 1 rings (SSSR count). The number of nitrogens with one attached hydrogen (secondary N) is 1. The van der Waals surface area contributed by atoms with Crippen molar-refractivity contribution in [2.45, 2.75) is 45.6 Å². The van der Waals surface area contributed by atoms with Crippen LogP contribution in [0.2, 0.25) is 0 Å². The Morgan fingerprint density at radius 1 is 1.62 bits per heavy atom. The van der Waals surface area contributed by atoms with E-state index in [2.05, 4.69) is 32.3 Å². The van der Waals surface area contributed by atoms with Crippen LogP contribution >= 0.6 is 0 Å². The van der Waals surface area contributed by atoms with Gasteiger partial charge in [0.25, 0.3) is 0 Å². The second kappa shape index (κ2) is 5.53. The van der Waals surface area contributed by atoms with Crippen LogP contribution in [0.25, 0.3) is 0 Å². The number of rotatable bonds is 6. The van der Waals surface area contributed by atoms with Gasteiger partial charge in [-0.1, -0.05) is 32.9 Å². The van der Waals surface area contributed by atoms with Crippen molar-refractivity contribution in [1.29, 1.82) is 0 Å². The van der Waals surface area contributed by atoms with E-state index in [1.165, 1.54) is 19.3 Å². The minimum atomic E-state index is 0.307. The fraction of sp³-hybridized carbons (Fsp3) is 0.714. The van der Waals surface area contributed by atoms with Crippen molar-refractivity contribution in [3.63, 3.8) is 0 Å². The lowest BCUT2D eigenvalue weighted by Gasteiger charge is -2.31. The average molecular weight is 222 g/mol. The Morgan fingerprint density at radius 3 is 2.75 bits per heavy atom. The molecule has 0 aromatic rings. The quantitative estimate of drug-likeness (QED) is 0.678. The number of hydrogen-bond donors (Lipinski definition) is 2. The van der Waals surface area contributed by atoms with E-state index in [9.17, 15) is 0 Å². The highest BCUT2D eigenvalue weighted by Gasteiger charge is 2.34. The molecule has 92 valence electrons. The van der Waals surface area contributed by atoms with Gasteiger partial charge in [0.1, 0.15) is 0 Å². The molecule has 3 N–H and O–H groups in total. The van der Waals surface area contributed by atoms with E-state index in [1.807, 2.05) is 6.08 Å². The van der Waals surface area contributed by atoms with Crippen molar-refractivity contribution >= 4 is 0 Å². The molecular weight excluding hydrogens is 196 g/mol. The average Bonchev–Trinajstić information content (AvgIpc) is 2.54. The second-order valence-electron chi connectivity index (χ2n) is 5.52. The lowest BCUT2D eigenvalue weighted by Crippen LogP contribution is -2.38. The zero-order valence-electron chi connectivity index (χ0n) is 10.8. The molecule has 0 bridgehead atoms. The monoisotopic (exact) mass is 222 g/mol. The summed E-state index contributed by atoms with van der Waals surface area (Å²) in [7, 11) is 0. The molecule has 1 aliphatic carbocycles. The normalized spacial score (nSPS) is 25.1. The van der Waals surface area contributed by atoms with Gasteiger partial charge in [-0.2, -0.15) is 0 Å². The standard InChI is InChI=1S/C14H26N2/c1-5-12(8-10-15)11(2)16-13-7-6-9-14(13,3)4/h5,12-13,16H,1-2,6-10,15H2,3-4H3. The second-order valence-corrected chi connectivity index (χ2v) is 5.52. The maximum absolute atomic E-state index is 5.59. The van der Waals surface area contributed by atoms with E-state index < -0.39 is 0 Å². The highest BCUT2D eigenvalue weighted by Crippen LogP contribution is 2.38. The van der Waals surface area contributed by atoms with E-state index in [0.717, 1.165) is 12.1 Å². The molecule has 0 heterocycles. The maximum atomic E-state index is 5.59. The van der Waals surface area contributed by atoms with Gasteiger partial charge in [0, 0.05) is 17.7 Å². The lowest BCUT2D eigenvalue weighted by molar-refractivity contribution is 0.293. The highest BCUT2D eigenvalue weighted by molar-refractivity contribution is 5.09. The predicted molar refractivity (Wildman–Crippen MR) is 71.1 cm³/mol. The molecule has 0 amide bonds. The predicted octanol–water partition coefficient (Wildman–Crippen LogP) is 2.82. The first-order valence-electron chi connectivity index (χ1n) is 6.29. The molecule has 0 radical (unpaired) electrons. The van der Waals surface area contributed by atoms with Gasteiger partial charge in [-0.3, -0.25) is 0 Å². The Bertz CT molecular complexity index is 255. The summed E-state index contributed by atoms with van der Waals surface area (Å²) in [6, 6.07) is 0.556. The van der Waals surface area contributed by atoms with Crippen LogP contribution < -0.4 is 11.1 Å². The molecule has 0 aromatic carbocycles. The van der Waals surface area contributed by atoms with Gasteiger partial charge >= 0.3 is 0 Å². The molecule has 2 nitrogen and oxygen atoms in total. The molecule has 0 aliphatic heterocycles. The molecule has 2 heteroatoms. The molecule has 16 heavy (non-hydrogen) atoms. The molecule has 2 atom stereocenters. The Kier molecular flexibility index (Phi) is 4.60. The van der Waals surface area contributed by atoms with Gasteiger partial charge < -0.3 is 11.1 Å². The number of hydrogen-bond acceptors (Lipinski definition) is 2. The minimum absolute atomic E-state index is 0.307. The fourth-order valence-corrected chi connectivity index (χ4v) is 2.54. The third kappa shape index (κ3) is 3.11. The smallest absolute Gasteiger partial charge is 0.0309 e. The Hall–Kier alpha value is -0.760. The molecule has 0 saturated heterocycles. The van der Waals surface area contributed by atoms with Gasteiger partial charge in [0.2, 0.25) is 0 Å². The fourth-order valence-electron chi connectivity index (χ4n) is 2.54. The first-order valence-corrected chi connectivity index (χ1v) is 6.29. The summed E-state index contributed by atoms with van der Waals surface area (Å²) in [5, 5.41) is 3.58. The lowest BCUT2D eigenvalue weighted by atomic mass is 9.86. The molecule has 1 fully saturated rings. The van der Waals surface area contributed by atoms with Crippen LogP contribution in [-0.4, -0.2) is 12.6 Å². The molecule has 0 aromatic heterocycles. The maximum Gasteiger partial charge on any atom is 0.0309 e. The van der Waals surface area contributed by atoms with Gasteiger partial charge in [-0.25, -0.2) is 0 Å². The van der Waals surface area contributed by atoms with E-state index in [-0.39, 0.29) is 0 Å². The van der Waals surface area contributed by atoms with Crippen molar-refractivity contribution in [2.24, 2.45) is 17.1 Å². The zero-order chi connectivity index (χ0) is 12.2. The summed E-state index contributed by atoms with van der Waals surface area (Å²) in [6.45, 7) is 13.3. The van der Waals surface area contributed by atoms with E-state index in [0.29, 0.717) is 23.9 Å². The van der Waals surface area contributed by atoms with Crippen LogP contribution in [0.15, 0.2) is 24.9 Å². The van der Waals surface area contributed by atoms with Crippen LogP contribution in [0, 0.1) is 11.3 Å². The van der Waals surface area contributed by atoms with Gasteiger partial charge in [0.05, 0.1) is 0 Å². The topological polar surface area (TPSA) is 38.0 Å². The SMILES string of the molecule is C=CC(CCN)C(=C)NC1CCCC1(C)C. The Morgan fingerprint density at radius 2 is 2.31 bits per heavy atom. The van der Waals surface area contributed by atoms with Gasteiger partial charge in [-0.05, 0) is 31.2 Å². The van der Waals surface area contributed by atoms with Crippen molar-refractivity contribution in [3.05, 3.63) is 24.9 Å². The van der Waals surface area contributed by atoms with Crippen LogP contribution in [-0.2, 0) is 0 Å². The molecule has 2 unspecified atom stereocenters. The zero-order valence-corrected chi connectivity index (χ0v) is 10.8. The van der Waals surface area contributed by atoms with E-state index >= 15 is 0 Å². The van der Waals surface area contributed by atoms with Crippen molar-refractivity contribution in [2.75, 3.05) is 6.54 Å². The van der Waals surface area contributed by atoms with Crippen LogP contribution in [0.1, 0.15) is 39.5 Å². The third-order valence-electron chi connectivity index (χ3n) is 3.83. The number of allylic oxidation sites excluding steroid dienone is 1. The molecular formula is C14H26N2. The number of nitrogens with two attached hydrogens (primary N) is 1. The highest BCUT2D eigenvalue weighted by atomic mass is 15.0. The summed E-state index contributed by atoms with van der Waals surface area (Å²) in [5.74, 6) is 0.307. The van der Waals surface area contributed by atoms with Crippen molar-refractivity contribution < 1.29 is 0 Å². The first-order chi connectivity index (χ1) is 7.51. The summed E-state index contributed by atoms with van der Waals surface area (Å²) < 4.78 is 0. The summed E-state index contributed by atoms with van der Waals surface area (Å²) in [5.41, 5.74) is 7.06. The van der Waals surface area contributed by atoms with Crippen LogP contribution in [0.4, 0.5) is 0 Å². The van der Waals surface area contributed by atoms with E-state index in [4.69, 9.17) is 5.73 Å². The summed E-state index contributed by atoms with van der Waals surface area (Å²) in [6.07, 6.45) is 6.74. The Balaban J connectivity index is 2.53. The molecule has 1 saturated carbocycles.